The van der Waals surface area contributed by atoms with Crippen LogP contribution in [0.1, 0.15) is 5.56 Å². The quantitative estimate of drug-likeness (QED) is 0.705. The van der Waals surface area contributed by atoms with E-state index in [1.54, 1.807) is 19.2 Å². The lowest BCUT2D eigenvalue weighted by atomic mass is 10.1. The molecule has 0 fully saturated rings. The predicted molar refractivity (Wildman–Crippen MR) is 47.7 cm³/mol. The lowest BCUT2D eigenvalue weighted by Gasteiger charge is -2.09. The summed E-state index contributed by atoms with van der Waals surface area (Å²) >= 11 is 0. The summed E-state index contributed by atoms with van der Waals surface area (Å²) in [5.41, 5.74) is 2.83. The van der Waals surface area contributed by atoms with Crippen molar-refractivity contribution < 1.29 is 19.4 Å². The van der Waals surface area contributed by atoms with Crippen molar-refractivity contribution in [3.05, 3.63) is 17.7 Å². The third kappa shape index (κ3) is 1.36. The Labute approximate surface area is 81.2 Å². The highest BCUT2D eigenvalue weighted by Gasteiger charge is 2.20. The molecule has 0 bridgehead atoms. The Morgan fingerprint density at radius 3 is 3.07 bits per heavy atom. The lowest BCUT2D eigenvalue weighted by Crippen LogP contribution is -2.08. The normalized spacial score (nSPS) is 13.0. The first kappa shape index (κ1) is 9.11. The average molecular weight is 197 g/mol. The van der Waals surface area contributed by atoms with E-state index in [-0.39, 0.29) is 13.3 Å². The predicted octanol–water partition coefficient (Wildman–Crippen LogP) is 0.903. The third-order valence-electron chi connectivity index (χ3n) is 2.07. The highest BCUT2D eigenvalue weighted by atomic mass is 16.7. The fourth-order valence-corrected chi connectivity index (χ4v) is 1.45. The number of hydrogen-bond acceptors (Lipinski definition) is 5. The standard InChI is InChI=1S/C9H11NO4/c1-12-7-2-3-8-9(14-5-13-8)6(7)4-10-11/h2-3,10-11H,4-5H2,1H3. The second kappa shape index (κ2) is 3.73. The zero-order valence-corrected chi connectivity index (χ0v) is 7.74. The number of nitrogens with one attached hydrogen (secondary N) is 1. The highest BCUT2D eigenvalue weighted by molar-refractivity contribution is 5.54. The Balaban J connectivity index is 2.45. The van der Waals surface area contributed by atoms with Gasteiger partial charge in [-0.15, -0.1) is 0 Å². The molecular weight excluding hydrogens is 186 g/mol. The number of hydroxylamine groups is 1. The number of fused-ring (bicyclic) bond motifs is 1. The summed E-state index contributed by atoms with van der Waals surface area (Å²) in [6.45, 7) is 0.469. The van der Waals surface area contributed by atoms with Gasteiger partial charge in [0.05, 0.1) is 19.2 Å². The van der Waals surface area contributed by atoms with E-state index in [0.29, 0.717) is 17.2 Å². The molecule has 5 heteroatoms. The summed E-state index contributed by atoms with van der Waals surface area (Å²) in [7, 11) is 1.57. The molecule has 0 unspecified atom stereocenters. The molecular formula is C9H11NO4. The minimum atomic E-state index is 0.209. The second-order valence-electron chi connectivity index (χ2n) is 2.82. The van der Waals surface area contributed by atoms with E-state index in [1.165, 1.54) is 0 Å². The van der Waals surface area contributed by atoms with E-state index >= 15 is 0 Å². The van der Waals surface area contributed by atoms with Crippen LogP contribution in [0.15, 0.2) is 12.1 Å². The third-order valence-corrected chi connectivity index (χ3v) is 2.07. The Morgan fingerprint density at radius 2 is 2.36 bits per heavy atom. The summed E-state index contributed by atoms with van der Waals surface area (Å²) in [6, 6.07) is 3.56. The van der Waals surface area contributed by atoms with Crippen LogP contribution in [0, 0.1) is 0 Å². The number of hydrogen-bond donors (Lipinski definition) is 2. The van der Waals surface area contributed by atoms with Gasteiger partial charge >= 0.3 is 0 Å². The zero-order chi connectivity index (χ0) is 9.97. The maximum absolute atomic E-state index is 8.67. The van der Waals surface area contributed by atoms with Gasteiger partial charge in [0.15, 0.2) is 11.5 Å². The van der Waals surface area contributed by atoms with Crippen molar-refractivity contribution in [1.29, 1.82) is 0 Å². The summed E-state index contributed by atoms with van der Waals surface area (Å²) in [5, 5.41) is 8.67. The minimum Gasteiger partial charge on any atom is -0.496 e. The lowest BCUT2D eigenvalue weighted by molar-refractivity contribution is 0.154. The topological polar surface area (TPSA) is 60.0 Å². The van der Waals surface area contributed by atoms with Gasteiger partial charge in [0.2, 0.25) is 6.79 Å². The summed E-state index contributed by atoms with van der Waals surface area (Å²) in [4.78, 5) is 0. The number of ether oxygens (including phenoxy) is 3. The molecule has 1 heterocycles. The molecule has 1 aromatic carbocycles. The van der Waals surface area contributed by atoms with Crippen LogP contribution >= 0.6 is 0 Å². The molecule has 14 heavy (non-hydrogen) atoms. The van der Waals surface area contributed by atoms with E-state index in [0.717, 1.165) is 5.56 Å². The van der Waals surface area contributed by atoms with Crippen molar-refractivity contribution in [2.45, 2.75) is 6.54 Å². The Bertz CT molecular complexity index is 340. The molecule has 76 valence electrons. The van der Waals surface area contributed by atoms with E-state index in [1.807, 2.05) is 0 Å². The second-order valence-corrected chi connectivity index (χ2v) is 2.82. The van der Waals surface area contributed by atoms with Gasteiger partial charge in [-0.3, -0.25) is 0 Å². The van der Waals surface area contributed by atoms with Gasteiger partial charge < -0.3 is 19.4 Å². The summed E-state index contributed by atoms with van der Waals surface area (Å²) in [5.74, 6) is 1.97. The number of benzene rings is 1. The Kier molecular flexibility index (Phi) is 2.43. The van der Waals surface area contributed by atoms with Crippen molar-refractivity contribution in [1.82, 2.24) is 5.48 Å². The summed E-state index contributed by atoms with van der Waals surface area (Å²) < 4.78 is 15.6. The van der Waals surface area contributed by atoms with Gasteiger partial charge in [-0.1, -0.05) is 0 Å². The molecule has 0 aromatic heterocycles. The molecule has 2 rings (SSSR count). The van der Waals surface area contributed by atoms with Crippen LogP contribution in [0.2, 0.25) is 0 Å². The molecule has 0 saturated heterocycles. The van der Waals surface area contributed by atoms with E-state index in [9.17, 15) is 0 Å². The molecule has 0 spiro atoms. The first-order valence-corrected chi connectivity index (χ1v) is 4.19. The smallest absolute Gasteiger partial charge is 0.231 e. The zero-order valence-electron chi connectivity index (χ0n) is 7.74. The van der Waals surface area contributed by atoms with Gasteiger partial charge in [0.25, 0.3) is 0 Å². The first-order chi connectivity index (χ1) is 6.86. The maximum atomic E-state index is 8.67. The van der Waals surface area contributed by atoms with Gasteiger partial charge in [-0.2, -0.15) is 0 Å². The molecule has 1 aliphatic rings. The van der Waals surface area contributed by atoms with Crippen LogP contribution < -0.4 is 19.7 Å². The van der Waals surface area contributed by atoms with Crippen LogP contribution in [0.3, 0.4) is 0 Å². The van der Waals surface area contributed by atoms with Crippen LogP contribution in [0.5, 0.6) is 17.2 Å². The molecule has 1 aromatic rings. The van der Waals surface area contributed by atoms with Gasteiger partial charge in [-0.05, 0) is 12.1 Å². The van der Waals surface area contributed by atoms with Crippen molar-refractivity contribution in [2.75, 3.05) is 13.9 Å². The average Bonchev–Trinajstić information content (AvgIpc) is 2.67. The largest absolute Gasteiger partial charge is 0.496 e. The fourth-order valence-electron chi connectivity index (χ4n) is 1.45. The van der Waals surface area contributed by atoms with Crippen LogP contribution in [0.25, 0.3) is 0 Å². The van der Waals surface area contributed by atoms with Gasteiger partial charge in [-0.25, -0.2) is 5.48 Å². The van der Waals surface area contributed by atoms with Crippen LogP contribution in [-0.4, -0.2) is 19.1 Å². The van der Waals surface area contributed by atoms with Crippen molar-refractivity contribution in [3.63, 3.8) is 0 Å². The van der Waals surface area contributed by atoms with Crippen molar-refractivity contribution >= 4 is 0 Å². The van der Waals surface area contributed by atoms with Crippen molar-refractivity contribution in [3.8, 4) is 17.2 Å². The Morgan fingerprint density at radius 1 is 1.50 bits per heavy atom. The van der Waals surface area contributed by atoms with Crippen LogP contribution in [0.4, 0.5) is 0 Å². The van der Waals surface area contributed by atoms with Crippen molar-refractivity contribution in [2.24, 2.45) is 0 Å². The molecule has 1 aliphatic heterocycles. The van der Waals surface area contributed by atoms with Crippen LogP contribution in [-0.2, 0) is 6.54 Å². The molecule has 0 aliphatic carbocycles. The number of rotatable bonds is 3. The Hall–Kier alpha value is -1.46. The van der Waals surface area contributed by atoms with Gasteiger partial charge in [0.1, 0.15) is 5.75 Å². The molecule has 0 atom stereocenters. The fraction of sp³-hybridized carbons (Fsp3) is 0.333. The van der Waals surface area contributed by atoms with E-state index in [2.05, 4.69) is 5.48 Å². The SMILES string of the molecule is COc1ccc2c(c1CNO)OCO2. The number of methoxy groups -OCH3 is 1. The maximum Gasteiger partial charge on any atom is 0.231 e. The van der Waals surface area contributed by atoms with E-state index in [4.69, 9.17) is 19.4 Å². The van der Waals surface area contributed by atoms with E-state index < -0.39 is 0 Å². The molecule has 0 saturated carbocycles. The molecule has 2 N–H and O–H groups in total. The molecule has 0 radical (unpaired) electrons. The summed E-state index contributed by atoms with van der Waals surface area (Å²) in [6.07, 6.45) is 0. The highest BCUT2D eigenvalue weighted by Crippen LogP contribution is 2.40. The molecule has 5 nitrogen and oxygen atoms in total. The minimum absolute atomic E-state index is 0.209. The first-order valence-electron chi connectivity index (χ1n) is 4.19. The van der Waals surface area contributed by atoms with Gasteiger partial charge in [0, 0.05) is 0 Å². The molecule has 0 amide bonds. The monoisotopic (exact) mass is 197 g/mol.